The molecule has 0 bridgehead atoms. The number of esters is 1. The summed E-state index contributed by atoms with van der Waals surface area (Å²) in [7, 11) is 0. The third kappa shape index (κ3) is 3.34. The van der Waals surface area contributed by atoms with Gasteiger partial charge in [0.15, 0.2) is 6.61 Å². The molecule has 4 rings (SSSR count). The van der Waals surface area contributed by atoms with E-state index in [1.54, 1.807) is 5.38 Å². The lowest BCUT2D eigenvalue weighted by Gasteiger charge is -2.12. The minimum Gasteiger partial charge on any atom is -0.452 e. The SMILES string of the molecule is NC(=O)c1ccsc1NC(=O)COC(=O)c1c2c(nc3ccccc13)CCC2. The van der Waals surface area contributed by atoms with Gasteiger partial charge >= 0.3 is 5.97 Å². The second-order valence-electron chi connectivity index (χ2n) is 6.43. The molecule has 8 heteroatoms. The lowest BCUT2D eigenvalue weighted by Crippen LogP contribution is -2.23. The van der Waals surface area contributed by atoms with Crippen LogP contribution in [0.1, 0.15) is 38.4 Å². The fraction of sp³-hybridized carbons (Fsp3) is 0.200. The van der Waals surface area contributed by atoms with E-state index in [0.29, 0.717) is 10.6 Å². The van der Waals surface area contributed by atoms with E-state index in [9.17, 15) is 14.4 Å². The Balaban J connectivity index is 1.52. The third-order valence-electron chi connectivity index (χ3n) is 4.64. The number of anilines is 1. The van der Waals surface area contributed by atoms with Gasteiger partial charge in [-0.1, -0.05) is 18.2 Å². The highest BCUT2D eigenvalue weighted by atomic mass is 32.1. The Morgan fingerprint density at radius 3 is 2.82 bits per heavy atom. The van der Waals surface area contributed by atoms with E-state index in [-0.39, 0.29) is 5.56 Å². The molecule has 7 nitrogen and oxygen atoms in total. The number of ether oxygens (including phenoxy) is 1. The van der Waals surface area contributed by atoms with Crippen LogP contribution in [0.15, 0.2) is 35.7 Å². The summed E-state index contributed by atoms with van der Waals surface area (Å²) in [5.74, 6) is -1.71. The smallest absolute Gasteiger partial charge is 0.339 e. The van der Waals surface area contributed by atoms with Crippen LogP contribution in [0.4, 0.5) is 5.00 Å². The summed E-state index contributed by atoms with van der Waals surface area (Å²) in [6, 6.07) is 8.94. The van der Waals surface area contributed by atoms with Crippen LogP contribution >= 0.6 is 11.3 Å². The summed E-state index contributed by atoms with van der Waals surface area (Å²) in [5, 5.41) is 5.27. The molecule has 3 N–H and O–H groups in total. The van der Waals surface area contributed by atoms with Gasteiger partial charge in [-0.3, -0.25) is 14.6 Å². The average Bonchev–Trinajstić information content (AvgIpc) is 3.33. The van der Waals surface area contributed by atoms with Gasteiger partial charge in [-0.25, -0.2) is 4.79 Å². The number of fused-ring (bicyclic) bond motifs is 2. The summed E-state index contributed by atoms with van der Waals surface area (Å²) < 4.78 is 5.28. The van der Waals surface area contributed by atoms with Crippen molar-refractivity contribution in [1.29, 1.82) is 0 Å². The second-order valence-corrected chi connectivity index (χ2v) is 7.35. The average molecular weight is 395 g/mol. The highest BCUT2D eigenvalue weighted by Gasteiger charge is 2.25. The van der Waals surface area contributed by atoms with Gasteiger partial charge in [-0.05, 0) is 42.3 Å². The van der Waals surface area contributed by atoms with Crippen molar-refractivity contribution in [2.24, 2.45) is 5.73 Å². The maximum atomic E-state index is 12.8. The molecule has 0 spiro atoms. The quantitative estimate of drug-likeness (QED) is 0.645. The number of amides is 2. The maximum absolute atomic E-state index is 12.8. The van der Waals surface area contributed by atoms with E-state index < -0.39 is 24.4 Å². The Morgan fingerprint density at radius 1 is 1.18 bits per heavy atom. The fourth-order valence-electron chi connectivity index (χ4n) is 3.41. The number of pyridine rings is 1. The zero-order valence-corrected chi connectivity index (χ0v) is 15.7. The number of thiophene rings is 1. The van der Waals surface area contributed by atoms with E-state index in [4.69, 9.17) is 10.5 Å². The number of carbonyl (C=O) groups is 3. The molecule has 0 fully saturated rings. The van der Waals surface area contributed by atoms with Crippen LogP contribution in [0, 0.1) is 0 Å². The molecule has 3 aromatic rings. The van der Waals surface area contributed by atoms with Gasteiger partial charge < -0.3 is 15.8 Å². The summed E-state index contributed by atoms with van der Waals surface area (Å²) >= 11 is 1.17. The van der Waals surface area contributed by atoms with E-state index >= 15 is 0 Å². The maximum Gasteiger partial charge on any atom is 0.339 e. The second kappa shape index (κ2) is 7.40. The summed E-state index contributed by atoms with van der Waals surface area (Å²) in [6.45, 7) is -0.458. The number of primary amides is 1. The normalized spacial score (nSPS) is 12.6. The molecule has 1 aromatic carbocycles. The van der Waals surface area contributed by atoms with Crippen molar-refractivity contribution in [2.75, 3.05) is 11.9 Å². The van der Waals surface area contributed by atoms with Crippen LogP contribution in [0.25, 0.3) is 10.9 Å². The standard InChI is InChI=1S/C20H17N3O4S/c21-18(25)13-8-9-28-19(13)23-16(24)10-27-20(26)17-11-4-1-2-6-14(11)22-15-7-3-5-12(15)17/h1-2,4,6,8-9H,3,5,7,10H2,(H2,21,25)(H,23,24). The number of aryl methyl sites for hydroxylation is 1. The summed E-state index contributed by atoms with van der Waals surface area (Å²) in [4.78, 5) is 40.9. The molecule has 2 aromatic heterocycles. The molecule has 0 unspecified atom stereocenters. The minimum absolute atomic E-state index is 0.225. The van der Waals surface area contributed by atoms with Crippen LogP contribution in [-0.2, 0) is 22.4 Å². The first kappa shape index (κ1) is 18.1. The molecule has 0 saturated carbocycles. The Morgan fingerprint density at radius 2 is 2.00 bits per heavy atom. The topological polar surface area (TPSA) is 111 Å². The molecule has 0 radical (unpaired) electrons. The lowest BCUT2D eigenvalue weighted by atomic mass is 10.0. The van der Waals surface area contributed by atoms with Crippen LogP contribution in [0.5, 0.6) is 0 Å². The van der Waals surface area contributed by atoms with Crippen molar-refractivity contribution in [3.05, 3.63) is 58.1 Å². The van der Waals surface area contributed by atoms with Crippen molar-refractivity contribution in [1.82, 2.24) is 4.98 Å². The Bertz CT molecular complexity index is 1110. The van der Waals surface area contributed by atoms with Crippen LogP contribution < -0.4 is 11.1 Å². The number of hydrogen-bond donors (Lipinski definition) is 2. The number of para-hydroxylation sites is 1. The molecular weight excluding hydrogens is 378 g/mol. The van der Waals surface area contributed by atoms with E-state index in [2.05, 4.69) is 10.3 Å². The zero-order chi connectivity index (χ0) is 19.7. The third-order valence-corrected chi connectivity index (χ3v) is 5.47. The molecule has 0 aliphatic heterocycles. The largest absolute Gasteiger partial charge is 0.452 e. The van der Waals surface area contributed by atoms with E-state index in [0.717, 1.165) is 41.4 Å². The lowest BCUT2D eigenvalue weighted by molar-refractivity contribution is -0.119. The van der Waals surface area contributed by atoms with Gasteiger partial charge in [-0.2, -0.15) is 0 Å². The number of benzene rings is 1. The highest BCUT2D eigenvalue weighted by Crippen LogP contribution is 2.30. The van der Waals surface area contributed by atoms with Gasteiger partial charge in [0, 0.05) is 11.1 Å². The molecular formula is C20H17N3O4S. The zero-order valence-electron chi connectivity index (χ0n) is 14.9. The molecule has 142 valence electrons. The molecule has 1 aliphatic carbocycles. The van der Waals surface area contributed by atoms with Crippen molar-refractivity contribution in [3.63, 3.8) is 0 Å². The number of aromatic nitrogens is 1. The first-order chi connectivity index (χ1) is 13.5. The van der Waals surface area contributed by atoms with Crippen LogP contribution in [-0.4, -0.2) is 29.4 Å². The predicted octanol–water partition coefficient (Wildman–Crippen LogP) is 2.68. The minimum atomic E-state index is -0.632. The number of nitrogens with one attached hydrogen (secondary N) is 1. The number of nitrogens with zero attached hydrogens (tertiary/aromatic N) is 1. The first-order valence-corrected chi connectivity index (χ1v) is 9.67. The van der Waals surface area contributed by atoms with E-state index in [1.165, 1.54) is 17.4 Å². The van der Waals surface area contributed by atoms with Crippen molar-refractivity contribution < 1.29 is 19.1 Å². The van der Waals surface area contributed by atoms with Gasteiger partial charge in [-0.15, -0.1) is 11.3 Å². The monoisotopic (exact) mass is 395 g/mol. The summed E-state index contributed by atoms with van der Waals surface area (Å²) in [5.41, 5.74) is 8.53. The molecule has 2 heterocycles. The Hall–Kier alpha value is -3.26. The fourth-order valence-corrected chi connectivity index (χ4v) is 4.22. The Labute approximate surface area is 164 Å². The number of rotatable bonds is 5. The van der Waals surface area contributed by atoms with Crippen LogP contribution in [0.3, 0.4) is 0 Å². The number of nitrogens with two attached hydrogens (primary N) is 1. The predicted molar refractivity (Wildman–Crippen MR) is 106 cm³/mol. The summed E-state index contributed by atoms with van der Waals surface area (Å²) in [6.07, 6.45) is 2.53. The molecule has 1 aliphatic rings. The number of hydrogen-bond acceptors (Lipinski definition) is 6. The van der Waals surface area contributed by atoms with Crippen molar-refractivity contribution in [3.8, 4) is 0 Å². The van der Waals surface area contributed by atoms with Crippen LogP contribution in [0.2, 0.25) is 0 Å². The van der Waals surface area contributed by atoms with E-state index in [1.807, 2.05) is 24.3 Å². The van der Waals surface area contributed by atoms with Crippen molar-refractivity contribution >= 4 is 45.0 Å². The Kier molecular flexibility index (Phi) is 4.79. The molecule has 2 amide bonds. The highest BCUT2D eigenvalue weighted by molar-refractivity contribution is 7.14. The molecule has 0 saturated heterocycles. The van der Waals surface area contributed by atoms with Gasteiger partial charge in [0.25, 0.3) is 11.8 Å². The van der Waals surface area contributed by atoms with Gasteiger partial charge in [0.2, 0.25) is 0 Å². The van der Waals surface area contributed by atoms with Gasteiger partial charge in [0.1, 0.15) is 5.00 Å². The van der Waals surface area contributed by atoms with Crippen molar-refractivity contribution in [2.45, 2.75) is 19.3 Å². The molecule has 28 heavy (non-hydrogen) atoms. The first-order valence-electron chi connectivity index (χ1n) is 8.79. The van der Waals surface area contributed by atoms with Gasteiger partial charge in [0.05, 0.1) is 16.6 Å². The molecule has 0 atom stereocenters. The number of carbonyl (C=O) groups excluding carboxylic acids is 3.